The Morgan fingerprint density at radius 3 is 2.86 bits per heavy atom. The van der Waals surface area contributed by atoms with Crippen molar-refractivity contribution < 1.29 is 4.39 Å². The normalized spacial score (nSPS) is 30.5. The van der Waals surface area contributed by atoms with E-state index in [1.807, 2.05) is 12.1 Å². The number of nitrogens with one attached hydrogen (secondary N) is 1. The minimum absolute atomic E-state index is 0.125. The van der Waals surface area contributed by atoms with Crippen LogP contribution in [0.25, 0.3) is 0 Å². The molecule has 0 amide bonds. The fourth-order valence-electron chi connectivity index (χ4n) is 3.75. The van der Waals surface area contributed by atoms with Crippen molar-refractivity contribution in [2.75, 3.05) is 13.1 Å². The van der Waals surface area contributed by atoms with Crippen molar-refractivity contribution in [2.45, 2.75) is 57.7 Å². The molecule has 3 heteroatoms. The zero-order valence-electron chi connectivity index (χ0n) is 13.2. The van der Waals surface area contributed by atoms with Gasteiger partial charge in [0.25, 0.3) is 0 Å². The van der Waals surface area contributed by atoms with E-state index in [-0.39, 0.29) is 11.4 Å². The summed E-state index contributed by atoms with van der Waals surface area (Å²) < 4.78 is 13.4. The topological polar surface area (TPSA) is 15.3 Å². The SMILES string of the molecule is CCCC1CNC(C)(C2CC2)CN1Cc1cccc(F)c1. The number of piperazine rings is 1. The number of benzene rings is 1. The highest BCUT2D eigenvalue weighted by Gasteiger charge is 2.45. The molecule has 1 aliphatic carbocycles. The standard InChI is InChI=1S/C18H27FN2/c1-3-5-17-11-20-18(2,15-8-9-15)13-21(17)12-14-6-4-7-16(19)10-14/h4,6-7,10,15,17,20H,3,5,8-9,11-13H2,1-2H3. The quantitative estimate of drug-likeness (QED) is 0.892. The summed E-state index contributed by atoms with van der Waals surface area (Å²) in [7, 11) is 0. The summed E-state index contributed by atoms with van der Waals surface area (Å²) in [5.74, 6) is 0.703. The summed E-state index contributed by atoms with van der Waals surface area (Å²) in [6, 6.07) is 7.65. The van der Waals surface area contributed by atoms with Crippen molar-refractivity contribution in [3.8, 4) is 0 Å². The van der Waals surface area contributed by atoms with Gasteiger partial charge in [0.05, 0.1) is 0 Å². The van der Waals surface area contributed by atoms with Crippen LogP contribution in [-0.4, -0.2) is 29.6 Å². The second kappa shape index (κ2) is 6.05. The molecule has 116 valence electrons. The number of hydrogen-bond acceptors (Lipinski definition) is 2. The van der Waals surface area contributed by atoms with Gasteiger partial charge in [-0.05, 0) is 49.8 Å². The number of halogens is 1. The average Bonchev–Trinajstić information content (AvgIpc) is 3.27. The average molecular weight is 290 g/mol. The maximum absolute atomic E-state index is 13.4. The highest BCUT2D eigenvalue weighted by molar-refractivity contribution is 5.17. The van der Waals surface area contributed by atoms with E-state index in [2.05, 4.69) is 24.1 Å². The Morgan fingerprint density at radius 2 is 2.19 bits per heavy atom. The van der Waals surface area contributed by atoms with Crippen molar-refractivity contribution in [3.05, 3.63) is 35.6 Å². The summed E-state index contributed by atoms with van der Waals surface area (Å²) in [5, 5.41) is 3.80. The van der Waals surface area contributed by atoms with Gasteiger partial charge in [0.2, 0.25) is 0 Å². The largest absolute Gasteiger partial charge is 0.308 e. The zero-order valence-corrected chi connectivity index (χ0v) is 13.2. The summed E-state index contributed by atoms with van der Waals surface area (Å²) in [5.41, 5.74) is 1.34. The Labute approximate surface area is 127 Å². The van der Waals surface area contributed by atoms with E-state index < -0.39 is 0 Å². The lowest BCUT2D eigenvalue weighted by atomic mass is 9.89. The van der Waals surface area contributed by atoms with E-state index in [4.69, 9.17) is 0 Å². The van der Waals surface area contributed by atoms with Crippen LogP contribution in [0, 0.1) is 11.7 Å². The monoisotopic (exact) mass is 290 g/mol. The highest BCUT2D eigenvalue weighted by atomic mass is 19.1. The molecule has 2 unspecified atom stereocenters. The smallest absolute Gasteiger partial charge is 0.123 e. The molecule has 1 saturated carbocycles. The molecule has 21 heavy (non-hydrogen) atoms. The molecule has 0 aromatic heterocycles. The summed E-state index contributed by atoms with van der Waals surface area (Å²) in [6.45, 7) is 7.63. The van der Waals surface area contributed by atoms with Crippen LogP contribution < -0.4 is 5.32 Å². The summed E-state index contributed by atoms with van der Waals surface area (Å²) >= 11 is 0. The van der Waals surface area contributed by atoms with Crippen molar-refractivity contribution >= 4 is 0 Å². The van der Waals surface area contributed by atoms with Gasteiger partial charge in [-0.2, -0.15) is 0 Å². The third kappa shape index (κ3) is 3.46. The van der Waals surface area contributed by atoms with Crippen LogP contribution in [0.2, 0.25) is 0 Å². The van der Waals surface area contributed by atoms with Crippen LogP contribution in [0.4, 0.5) is 4.39 Å². The zero-order chi connectivity index (χ0) is 14.9. The van der Waals surface area contributed by atoms with Crippen molar-refractivity contribution in [1.82, 2.24) is 10.2 Å². The second-order valence-electron chi connectivity index (χ2n) is 7.05. The summed E-state index contributed by atoms with van der Waals surface area (Å²) in [6.07, 6.45) is 5.13. The minimum Gasteiger partial charge on any atom is -0.308 e. The third-order valence-electron chi connectivity index (χ3n) is 5.16. The Hall–Kier alpha value is -0.930. The molecule has 0 spiro atoms. The molecule has 1 heterocycles. The van der Waals surface area contributed by atoms with Crippen LogP contribution in [0.15, 0.2) is 24.3 Å². The van der Waals surface area contributed by atoms with Crippen LogP contribution in [0.5, 0.6) is 0 Å². The molecule has 3 rings (SSSR count). The molecule has 1 aromatic rings. The first-order chi connectivity index (χ1) is 10.1. The van der Waals surface area contributed by atoms with Crippen LogP contribution >= 0.6 is 0 Å². The molecule has 0 bridgehead atoms. The van der Waals surface area contributed by atoms with E-state index in [0.29, 0.717) is 6.04 Å². The number of hydrogen-bond donors (Lipinski definition) is 1. The first-order valence-electron chi connectivity index (χ1n) is 8.34. The van der Waals surface area contributed by atoms with Gasteiger partial charge in [0.15, 0.2) is 0 Å². The van der Waals surface area contributed by atoms with E-state index in [1.54, 1.807) is 6.07 Å². The Morgan fingerprint density at radius 1 is 1.38 bits per heavy atom. The Balaban J connectivity index is 1.73. The minimum atomic E-state index is -0.125. The molecule has 2 aliphatic rings. The predicted molar refractivity (Wildman–Crippen MR) is 84.6 cm³/mol. The molecule has 1 saturated heterocycles. The van der Waals surface area contributed by atoms with Gasteiger partial charge in [0, 0.05) is 31.2 Å². The summed E-state index contributed by atoms with van der Waals surface area (Å²) in [4.78, 5) is 2.58. The molecular weight excluding hydrogens is 263 g/mol. The molecule has 1 aromatic carbocycles. The first-order valence-corrected chi connectivity index (χ1v) is 8.34. The highest BCUT2D eigenvalue weighted by Crippen LogP contribution is 2.41. The van der Waals surface area contributed by atoms with Crippen molar-refractivity contribution in [2.24, 2.45) is 5.92 Å². The van der Waals surface area contributed by atoms with Gasteiger partial charge >= 0.3 is 0 Å². The van der Waals surface area contributed by atoms with Gasteiger partial charge in [-0.25, -0.2) is 4.39 Å². The van der Waals surface area contributed by atoms with Gasteiger partial charge in [0.1, 0.15) is 5.82 Å². The van der Waals surface area contributed by atoms with Crippen LogP contribution in [0.3, 0.4) is 0 Å². The van der Waals surface area contributed by atoms with E-state index in [1.165, 1.54) is 31.7 Å². The second-order valence-corrected chi connectivity index (χ2v) is 7.05. The maximum Gasteiger partial charge on any atom is 0.123 e. The molecular formula is C18H27FN2. The molecule has 2 fully saturated rings. The molecule has 1 aliphatic heterocycles. The van der Waals surface area contributed by atoms with Crippen LogP contribution in [0.1, 0.15) is 45.1 Å². The van der Waals surface area contributed by atoms with Gasteiger partial charge in [-0.15, -0.1) is 0 Å². The van der Waals surface area contributed by atoms with Gasteiger partial charge in [-0.3, -0.25) is 4.90 Å². The van der Waals surface area contributed by atoms with Gasteiger partial charge in [-0.1, -0.05) is 25.5 Å². The van der Waals surface area contributed by atoms with Gasteiger partial charge < -0.3 is 5.32 Å². The molecule has 2 atom stereocenters. The Kier molecular flexibility index (Phi) is 4.32. The maximum atomic E-state index is 13.4. The fourth-order valence-corrected chi connectivity index (χ4v) is 3.75. The lowest BCUT2D eigenvalue weighted by molar-refractivity contribution is 0.0638. The predicted octanol–water partition coefficient (Wildman–Crippen LogP) is 3.57. The molecule has 2 nitrogen and oxygen atoms in total. The number of nitrogens with zero attached hydrogens (tertiary/aromatic N) is 1. The Bertz CT molecular complexity index is 486. The molecule has 1 N–H and O–H groups in total. The molecule has 0 radical (unpaired) electrons. The number of rotatable bonds is 5. The van der Waals surface area contributed by atoms with Crippen molar-refractivity contribution in [1.29, 1.82) is 0 Å². The lowest BCUT2D eigenvalue weighted by Gasteiger charge is -2.47. The first kappa shape index (κ1) is 15.0. The third-order valence-corrected chi connectivity index (χ3v) is 5.16. The lowest BCUT2D eigenvalue weighted by Crippen LogP contribution is -2.63. The van der Waals surface area contributed by atoms with E-state index >= 15 is 0 Å². The van der Waals surface area contributed by atoms with Crippen molar-refractivity contribution in [3.63, 3.8) is 0 Å². The van der Waals surface area contributed by atoms with Crippen LogP contribution in [-0.2, 0) is 6.54 Å². The fraction of sp³-hybridized carbons (Fsp3) is 0.667. The van der Waals surface area contributed by atoms with E-state index in [9.17, 15) is 4.39 Å². The van der Waals surface area contributed by atoms with E-state index in [0.717, 1.165) is 31.1 Å².